The molecular weight excluding hydrogens is 464 g/mol. The maximum Gasteiger partial charge on any atom is 0.229 e. The molecule has 2 heterocycles. The Morgan fingerprint density at radius 3 is 2.32 bits per heavy atom. The summed E-state index contributed by atoms with van der Waals surface area (Å²) < 4.78 is 0. The van der Waals surface area contributed by atoms with Crippen LogP contribution in [0.1, 0.15) is 19.4 Å². The summed E-state index contributed by atoms with van der Waals surface area (Å²) in [6.07, 6.45) is 1.71. The van der Waals surface area contributed by atoms with Gasteiger partial charge in [0.15, 0.2) is 0 Å². The quantitative estimate of drug-likeness (QED) is 0.127. The second-order valence-corrected chi connectivity index (χ2v) is 9.34. The summed E-state index contributed by atoms with van der Waals surface area (Å²) in [5.41, 5.74) is 17.9. The molecule has 2 aromatic carbocycles. The Balaban J connectivity index is 1.28. The Kier molecular flexibility index (Phi) is 7.95. The third-order valence-electron chi connectivity index (χ3n) is 5.10. The number of aryl methyl sites for hydroxylation is 1. The number of thiophene rings is 1. The molecule has 8 nitrogen and oxygen atoms in total. The number of rotatable bonds is 11. The van der Waals surface area contributed by atoms with E-state index in [4.69, 9.17) is 0 Å². The molecule has 0 aliphatic carbocycles. The monoisotopic (exact) mass is 492 g/mol. The van der Waals surface area contributed by atoms with Crippen molar-refractivity contribution < 1.29 is 0 Å². The molecule has 4 rings (SSSR count). The highest BCUT2D eigenvalue weighted by atomic mass is 32.1. The van der Waals surface area contributed by atoms with Gasteiger partial charge in [0.25, 0.3) is 0 Å². The Morgan fingerprint density at radius 2 is 1.62 bits per heavy atom. The lowest BCUT2D eigenvalue weighted by Crippen LogP contribution is -2.20. The topological polar surface area (TPSA) is 89.0 Å². The van der Waals surface area contributed by atoms with Crippen LogP contribution in [-0.4, -0.2) is 18.1 Å². The summed E-state index contributed by atoms with van der Waals surface area (Å²) in [7, 11) is 0. The lowest BCUT2D eigenvalue weighted by atomic mass is 10.2. The Hall–Kier alpha value is -3.63. The van der Waals surface area contributed by atoms with E-state index in [9.17, 15) is 0 Å². The zero-order valence-electron chi connectivity index (χ0n) is 19.4. The lowest BCUT2D eigenvalue weighted by molar-refractivity contribution is 0.876. The molecule has 176 valence electrons. The first-order valence-electron chi connectivity index (χ1n) is 11.1. The number of hydrogen-bond donors (Lipinski definition) is 4. The summed E-state index contributed by atoms with van der Waals surface area (Å²) in [6, 6.07) is 18.1. The highest BCUT2D eigenvalue weighted by Crippen LogP contribution is 2.30. The molecular formula is C24H28N8S2. The number of nitrogens with zero attached hydrogens (tertiary/aromatic N) is 4. The van der Waals surface area contributed by atoms with E-state index < -0.39 is 0 Å². The normalized spacial score (nSPS) is 10.9. The zero-order chi connectivity index (χ0) is 23.8. The van der Waals surface area contributed by atoms with Gasteiger partial charge in [0, 0.05) is 24.7 Å². The average molecular weight is 493 g/mol. The van der Waals surface area contributed by atoms with E-state index >= 15 is 0 Å². The summed E-state index contributed by atoms with van der Waals surface area (Å²) in [5, 5.41) is 13.2. The van der Waals surface area contributed by atoms with Crippen molar-refractivity contribution in [2.45, 2.75) is 20.8 Å². The molecule has 0 spiro atoms. The highest BCUT2D eigenvalue weighted by Gasteiger charge is 2.06. The fraction of sp³-hybridized carbons (Fsp3) is 0.208. The predicted molar refractivity (Wildman–Crippen MR) is 146 cm³/mol. The summed E-state index contributed by atoms with van der Waals surface area (Å²) in [5.74, 6) is 0. The molecule has 0 saturated heterocycles. The summed E-state index contributed by atoms with van der Waals surface area (Å²) >= 11 is 3.20. The molecule has 0 aliphatic rings. The molecule has 0 radical (unpaired) electrons. The first kappa shape index (κ1) is 23.5. The minimum atomic E-state index is 0.646. The molecule has 4 N–H and O–H groups in total. The van der Waals surface area contributed by atoms with Crippen LogP contribution in [0.5, 0.6) is 0 Å². The van der Waals surface area contributed by atoms with Gasteiger partial charge in [-0.3, -0.25) is 5.43 Å². The first-order chi connectivity index (χ1) is 16.6. The number of thiazole rings is 1. The van der Waals surface area contributed by atoms with Crippen LogP contribution in [0, 0.1) is 6.92 Å². The van der Waals surface area contributed by atoms with E-state index in [1.807, 2.05) is 41.8 Å². The number of nitrogens with one attached hydrogen (secondary N) is 4. The number of benzene rings is 2. The molecule has 0 saturated carbocycles. The van der Waals surface area contributed by atoms with E-state index in [2.05, 4.69) is 80.8 Å². The van der Waals surface area contributed by atoms with Crippen molar-refractivity contribution >= 4 is 60.6 Å². The first-order valence-corrected chi connectivity index (χ1v) is 12.7. The van der Waals surface area contributed by atoms with E-state index in [0.29, 0.717) is 5.13 Å². The van der Waals surface area contributed by atoms with Gasteiger partial charge in [-0.1, -0.05) is 11.3 Å². The van der Waals surface area contributed by atoms with Crippen molar-refractivity contribution in [3.63, 3.8) is 0 Å². The van der Waals surface area contributed by atoms with Gasteiger partial charge in [0.2, 0.25) is 5.13 Å². The lowest BCUT2D eigenvalue weighted by Gasteiger charge is -2.18. The van der Waals surface area contributed by atoms with Crippen LogP contribution in [0.15, 0.2) is 76.4 Å². The number of aromatic nitrogens is 1. The van der Waals surface area contributed by atoms with Gasteiger partial charge in [-0.25, -0.2) is 4.98 Å². The maximum atomic E-state index is 4.20. The minimum Gasteiger partial charge on any atom is -0.364 e. The van der Waals surface area contributed by atoms with Crippen molar-refractivity contribution in [2.24, 2.45) is 10.2 Å². The fourth-order valence-electron chi connectivity index (χ4n) is 3.23. The van der Waals surface area contributed by atoms with Crippen LogP contribution < -0.4 is 26.6 Å². The van der Waals surface area contributed by atoms with Crippen molar-refractivity contribution in [2.75, 3.05) is 39.7 Å². The Labute approximate surface area is 207 Å². The molecule has 2 aromatic heterocycles. The zero-order valence-corrected chi connectivity index (χ0v) is 21.0. The van der Waals surface area contributed by atoms with Crippen molar-refractivity contribution in [3.8, 4) is 0 Å². The number of anilines is 5. The Bertz CT molecular complexity index is 1200. The van der Waals surface area contributed by atoms with Crippen molar-refractivity contribution in [1.82, 2.24) is 4.98 Å². The largest absolute Gasteiger partial charge is 0.364 e. The average Bonchev–Trinajstić information content (AvgIpc) is 3.55. The van der Waals surface area contributed by atoms with E-state index in [0.717, 1.165) is 46.4 Å². The molecule has 34 heavy (non-hydrogen) atoms. The van der Waals surface area contributed by atoms with Crippen LogP contribution >= 0.6 is 22.7 Å². The molecule has 0 bridgehead atoms. The van der Waals surface area contributed by atoms with Gasteiger partial charge in [-0.05, 0) is 80.9 Å². The summed E-state index contributed by atoms with van der Waals surface area (Å²) in [4.78, 5) is 6.43. The summed E-state index contributed by atoms with van der Waals surface area (Å²) in [6.45, 7) is 8.44. The second kappa shape index (κ2) is 11.5. The van der Waals surface area contributed by atoms with Gasteiger partial charge in [0.1, 0.15) is 5.00 Å². The number of hydrazine groups is 2. The SMILES string of the molecule is CCN(CC)c1ccc(NNc2ccc(NNc3ccc(/N=N/c4nccs4)cc3)c(C)c2)s1. The molecule has 0 atom stereocenters. The van der Waals surface area contributed by atoms with Crippen molar-refractivity contribution in [1.29, 1.82) is 0 Å². The third kappa shape index (κ3) is 6.24. The standard InChI is InChI=1S/C24H28N8S2/c1-4-32(5-2)23-13-12-22(34-23)30-28-20-10-11-21(17(3)16-20)29-26-18-6-8-19(9-7-18)27-31-24-25-14-15-33-24/h6-16,26,28-30H,4-5H2,1-3H3/b31-27+. The molecule has 0 aliphatic heterocycles. The van der Waals surface area contributed by atoms with Gasteiger partial charge in [-0.15, -0.1) is 21.6 Å². The van der Waals surface area contributed by atoms with E-state index in [-0.39, 0.29) is 0 Å². The maximum absolute atomic E-state index is 4.20. The van der Waals surface area contributed by atoms with E-state index in [1.54, 1.807) is 17.5 Å². The highest BCUT2D eigenvalue weighted by molar-refractivity contribution is 7.20. The smallest absolute Gasteiger partial charge is 0.229 e. The minimum absolute atomic E-state index is 0.646. The van der Waals surface area contributed by atoms with Crippen molar-refractivity contribution in [3.05, 3.63) is 71.7 Å². The second-order valence-electron chi connectivity index (χ2n) is 7.40. The Morgan fingerprint density at radius 1 is 0.853 bits per heavy atom. The molecule has 0 unspecified atom stereocenters. The fourth-order valence-corrected chi connectivity index (χ4v) is 4.67. The van der Waals surface area contributed by atoms with Gasteiger partial charge >= 0.3 is 0 Å². The number of azo groups is 1. The van der Waals surface area contributed by atoms with Crippen LogP contribution in [-0.2, 0) is 0 Å². The molecule has 0 amide bonds. The van der Waals surface area contributed by atoms with E-state index in [1.165, 1.54) is 16.3 Å². The van der Waals surface area contributed by atoms with Gasteiger partial charge in [-0.2, -0.15) is 0 Å². The third-order valence-corrected chi connectivity index (χ3v) is 6.82. The molecule has 4 aromatic rings. The van der Waals surface area contributed by atoms with Crippen LogP contribution in [0.3, 0.4) is 0 Å². The van der Waals surface area contributed by atoms with Crippen LogP contribution in [0.4, 0.5) is 37.9 Å². The van der Waals surface area contributed by atoms with Gasteiger partial charge in [0.05, 0.1) is 27.8 Å². The number of hydrogen-bond acceptors (Lipinski definition) is 10. The molecule has 10 heteroatoms. The van der Waals surface area contributed by atoms with Crippen LogP contribution in [0.2, 0.25) is 0 Å². The van der Waals surface area contributed by atoms with Gasteiger partial charge < -0.3 is 21.2 Å². The molecule has 0 fully saturated rings. The predicted octanol–water partition coefficient (Wildman–Crippen LogP) is 7.65. The van der Waals surface area contributed by atoms with Crippen LogP contribution in [0.25, 0.3) is 0 Å².